The van der Waals surface area contributed by atoms with E-state index in [-0.39, 0.29) is 0 Å². The number of benzene rings is 1. The quantitative estimate of drug-likeness (QED) is 0.443. The van der Waals surface area contributed by atoms with E-state index >= 15 is 0 Å². The molecule has 1 N–H and O–H groups in total. The Morgan fingerprint density at radius 1 is 1.07 bits per heavy atom. The second-order valence-electron chi connectivity index (χ2n) is 7.58. The molecule has 30 heavy (non-hydrogen) atoms. The van der Waals surface area contributed by atoms with Crippen LogP contribution >= 0.6 is 0 Å². The minimum absolute atomic E-state index is 0.454. The van der Waals surface area contributed by atoms with Crippen LogP contribution in [0.1, 0.15) is 55.1 Å². The summed E-state index contributed by atoms with van der Waals surface area (Å²) in [5.74, 6) is 1.78. The molecule has 158 valence electrons. The van der Waals surface area contributed by atoms with Gasteiger partial charge in [-0.1, -0.05) is 17.6 Å². The van der Waals surface area contributed by atoms with Gasteiger partial charge < -0.3 is 9.84 Å². The molecule has 0 spiro atoms. The molecule has 8 heteroatoms. The zero-order chi connectivity index (χ0) is 21.0. The number of aryl methyl sites for hydroxylation is 1. The molecule has 0 amide bonds. The van der Waals surface area contributed by atoms with Crippen molar-refractivity contribution in [1.82, 2.24) is 15.1 Å². The zero-order valence-electron chi connectivity index (χ0n) is 16.5. The molecule has 1 aliphatic carbocycles. The van der Waals surface area contributed by atoms with E-state index in [1.54, 1.807) is 0 Å². The summed E-state index contributed by atoms with van der Waals surface area (Å²) in [6.45, 7) is 0.774. The molecule has 2 aromatic heterocycles. The molecular formula is C22H23F3N4O. The summed E-state index contributed by atoms with van der Waals surface area (Å²) in [6, 6.07) is 9.99. The highest BCUT2D eigenvalue weighted by atomic mass is 19.4. The molecule has 1 aliphatic rings. The Kier molecular flexibility index (Phi) is 6.01. The van der Waals surface area contributed by atoms with E-state index in [4.69, 9.17) is 4.52 Å². The number of aromatic nitrogens is 3. The van der Waals surface area contributed by atoms with Crippen LogP contribution in [0.3, 0.4) is 0 Å². The fourth-order valence-corrected chi connectivity index (χ4v) is 3.25. The van der Waals surface area contributed by atoms with Gasteiger partial charge in [-0.25, -0.2) is 0 Å². The highest BCUT2D eigenvalue weighted by Gasteiger charge is 2.30. The molecular weight excluding hydrogens is 393 g/mol. The number of hydrogen-bond donors (Lipinski definition) is 1. The average molecular weight is 416 g/mol. The summed E-state index contributed by atoms with van der Waals surface area (Å²) in [5.41, 5.74) is 1.70. The first-order valence-electron chi connectivity index (χ1n) is 10.2. The Balaban J connectivity index is 1.20. The van der Waals surface area contributed by atoms with E-state index in [0.29, 0.717) is 23.9 Å². The van der Waals surface area contributed by atoms with Crippen LogP contribution in [0.25, 0.3) is 11.5 Å². The number of nitrogens with one attached hydrogen (secondary N) is 1. The van der Waals surface area contributed by atoms with Crippen molar-refractivity contribution in [2.75, 3.05) is 11.9 Å². The SMILES string of the molecule is FC(F)(F)c1ccnc(CCCCCNc2cccc(-c3nc(C4CC4)no3)c2)c1. The Morgan fingerprint density at radius 3 is 2.73 bits per heavy atom. The summed E-state index contributed by atoms with van der Waals surface area (Å²) in [7, 11) is 0. The minimum atomic E-state index is -4.32. The Labute approximate surface area is 172 Å². The van der Waals surface area contributed by atoms with Crippen molar-refractivity contribution in [2.45, 2.75) is 50.6 Å². The summed E-state index contributed by atoms with van der Waals surface area (Å²) in [5, 5.41) is 7.42. The van der Waals surface area contributed by atoms with Crippen LogP contribution < -0.4 is 5.32 Å². The van der Waals surface area contributed by atoms with Gasteiger partial charge in [0, 0.05) is 35.6 Å². The first-order chi connectivity index (χ1) is 14.5. The maximum Gasteiger partial charge on any atom is 0.416 e. The molecule has 0 radical (unpaired) electrons. The summed E-state index contributed by atoms with van der Waals surface area (Å²) in [4.78, 5) is 8.51. The molecule has 2 heterocycles. The molecule has 3 aromatic rings. The lowest BCUT2D eigenvalue weighted by Gasteiger charge is -2.09. The zero-order valence-corrected chi connectivity index (χ0v) is 16.5. The molecule has 1 saturated carbocycles. The van der Waals surface area contributed by atoms with Crippen LogP contribution in [-0.4, -0.2) is 21.7 Å². The standard InChI is InChI=1S/C22H23F3N4O/c23-22(24,25)17-10-12-27-19(14-17)6-2-1-3-11-26-18-7-4-5-16(13-18)21-28-20(29-30-21)15-8-9-15/h4-5,7,10,12-15,26H,1-3,6,8-9,11H2. The van der Waals surface area contributed by atoms with Crippen LogP contribution in [0.4, 0.5) is 18.9 Å². The van der Waals surface area contributed by atoms with Crippen molar-refractivity contribution in [3.05, 3.63) is 59.7 Å². The molecule has 4 rings (SSSR count). The highest BCUT2D eigenvalue weighted by Crippen LogP contribution is 2.39. The van der Waals surface area contributed by atoms with Gasteiger partial charge >= 0.3 is 6.18 Å². The van der Waals surface area contributed by atoms with Crippen molar-refractivity contribution in [2.24, 2.45) is 0 Å². The van der Waals surface area contributed by atoms with Gasteiger partial charge in [-0.15, -0.1) is 0 Å². The molecule has 0 saturated heterocycles. The van der Waals surface area contributed by atoms with Gasteiger partial charge in [0.1, 0.15) is 0 Å². The van der Waals surface area contributed by atoms with Gasteiger partial charge in [0.25, 0.3) is 5.89 Å². The number of halogens is 3. The summed E-state index contributed by atoms with van der Waals surface area (Å²) >= 11 is 0. The molecule has 0 unspecified atom stereocenters. The van der Waals surface area contributed by atoms with Gasteiger partial charge in [0.2, 0.25) is 0 Å². The third-order valence-electron chi connectivity index (χ3n) is 5.08. The van der Waals surface area contributed by atoms with Crippen molar-refractivity contribution in [1.29, 1.82) is 0 Å². The second kappa shape index (κ2) is 8.85. The van der Waals surface area contributed by atoms with Crippen LogP contribution in [0.2, 0.25) is 0 Å². The fraction of sp³-hybridized carbons (Fsp3) is 0.409. The molecule has 5 nitrogen and oxygen atoms in total. The molecule has 1 fully saturated rings. The van der Waals surface area contributed by atoms with Gasteiger partial charge in [-0.3, -0.25) is 4.98 Å². The molecule has 0 atom stereocenters. The number of hydrogen-bond acceptors (Lipinski definition) is 5. The van der Waals surface area contributed by atoms with Gasteiger partial charge in [0.15, 0.2) is 5.82 Å². The Bertz CT molecular complexity index is 982. The van der Waals surface area contributed by atoms with E-state index in [9.17, 15) is 13.2 Å². The predicted octanol–water partition coefficient (Wildman–Crippen LogP) is 5.85. The summed E-state index contributed by atoms with van der Waals surface area (Å²) < 4.78 is 43.6. The maximum absolute atomic E-state index is 12.7. The first-order valence-corrected chi connectivity index (χ1v) is 10.2. The first kappa shape index (κ1) is 20.4. The number of anilines is 1. The largest absolute Gasteiger partial charge is 0.416 e. The smallest absolute Gasteiger partial charge is 0.385 e. The number of rotatable bonds is 9. The van der Waals surface area contributed by atoms with E-state index < -0.39 is 11.7 Å². The predicted molar refractivity (Wildman–Crippen MR) is 107 cm³/mol. The van der Waals surface area contributed by atoms with Crippen LogP contribution in [0, 0.1) is 0 Å². The Morgan fingerprint density at radius 2 is 1.93 bits per heavy atom. The molecule has 0 bridgehead atoms. The monoisotopic (exact) mass is 416 g/mol. The van der Waals surface area contributed by atoms with Crippen molar-refractivity contribution in [3.8, 4) is 11.5 Å². The fourth-order valence-electron chi connectivity index (χ4n) is 3.25. The molecule has 0 aliphatic heterocycles. The highest BCUT2D eigenvalue weighted by molar-refractivity contribution is 5.61. The number of nitrogens with zero attached hydrogens (tertiary/aromatic N) is 3. The second-order valence-corrected chi connectivity index (χ2v) is 7.58. The van der Waals surface area contributed by atoms with Crippen molar-refractivity contribution in [3.63, 3.8) is 0 Å². The number of unbranched alkanes of at least 4 members (excludes halogenated alkanes) is 2. The van der Waals surface area contributed by atoms with E-state index in [1.807, 2.05) is 24.3 Å². The minimum Gasteiger partial charge on any atom is -0.385 e. The van der Waals surface area contributed by atoms with Gasteiger partial charge in [-0.2, -0.15) is 18.2 Å². The van der Waals surface area contributed by atoms with Crippen molar-refractivity contribution >= 4 is 5.69 Å². The van der Waals surface area contributed by atoms with Crippen LogP contribution in [0.5, 0.6) is 0 Å². The Hall–Kier alpha value is -2.90. The topological polar surface area (TPSA) is 63.8 Å². The summed E-state index contributed by atoms with van der Waals surface area (Å²) in [6.07, 6.45) is 2.31. The average Bonchev–Trinajstić information content (AvgIpc) is 3.47. The van der Waals surface area contributed by atoms with Crippen molar-refractivity contribution < 1.29 is 17.7 Å². The van der Waals surface area contributed by atoms with Crippen LogP contribution in [0.15, 0.2) is 47.1 Å². The lowest BCUT2D eigenvalue weighted by Crippen LogP contribution is -2.06. The third-order valence-corrected chi connectivity index (χ3v) is 5.08. The van der Waals surface area contributed by atoms with E-state index in [2.05, 4.69) is 20.4 Å². The van der Waals surface area contributed by atoms with Gasteiger partial charge in [0.05, 0.1) is 5.56 Å². The normalized spacial score (nSPS) is 14.1. The lowest BCUT2D eigenvalue weighted by molar-refractivity contribution is -0.137. The lowest BCUT2D eigenvalue weighted by atomic mass is 10.1. The molecule has 1 aromatic carbocycles. The number of alkyl halides is 3. The third kappa shape index (κ3) is 5.37. The van der Waals surface area contributed by atoms with Gasteiger partial charge in [-0.05, 0) is 62.4 Å². The van der Waals surface area contributed by atoms with Crippen LogP contribution in [-0.2, 0) is 12.6 Å². The van der Waals surface area contributed by atoms with E-state index in [1.165, 1.54) is 6.20 Å². The van der Waals surface area contributed by atoms with E-state index in [0.717, 1.165) is 67.9 Å². The number of pyridine rings is 1. The maximum atomic E-state index is 12.7.